The molecular formula is C29H26N2O6. The van der Waals surface area contributed by atoms with Gasteiger partial charge in [0, 0.05) is 23.7 Å². The number of esters is 2. The quantitative estimate of drug-likeness (QED) is 0.136. The number of anilines is 1. The number of ether oxygens (including phenoxy) is 2. The number of hydrogen-bond donors (Lipinski definition) is 1. The zero-order valence-corrected chi connectivity index (χ0v) is 20.3. The Hall–Kier alpha value is -4.46. The molecule has 8 heteroatoms. The third kappa shape index (κ3) is 4.82. The minimum Gasteiger partial charge on any atom is -0.462 e. The second kappa shape index (κ2) is 10.3. The van der Waals surface area contributed by atoms with Crippen LogP contribution in [-0.2, 0) is 4.74 Å². The monoisotopic (exact) mass is 498 g/mol. The fraction of sp³-hybridized carbons (Fsp3) is 0.241. The van der Waals surface area contributed by atoms with Crippen LogP contribution in [0.2, 0.25) is 0 Å². The Kier molecular flexibility index (Phi) is 6.72. The molecule has 188 valence electrons. The van der Waals surface area contributed by atoms with Crippen molar-refractivity contribution in [1.29, 1.82) is 0 Å². The van der Waals surface area contributed by atoms with Crippen molar-refractivity contribution in [3.63, 3.8) is 0 Å². The number of nitrogens with one attached hydrogen (secondary N) is 1. The van der Waals surface area contributed by atoms with Crippen molar-refractivity contribution < 1.29 is 24.0 Å². The average molecular weight is 499 g/mol. The third-order valence-electron chi connectivity index (χ3n) is 6.79. The summed E-state index contributed by atoms with van der Waals surface area (Å²) in [4.78, 5) is 36.4. The first-order chi connectivity index (χ1) is 18.0. The molecule has 0 bridgehead atoms. The van der Waals surface area contributed by atoms with Crippen molar-refractivity contribution in [2.75, 3.05) is 11.9 Å². The molecule has 0 unspecified atom stereocenters. The van der Waals surface area contributed by atoms with Gasteiger partial charge in [-0.15, -0.1) is 0 Å². The van der Waals surface area contributed by atoms with Gasteiger partial charge in [0.05, 0.1) is 23.1 Å². The van der Waals surface area contributed by atoms with Crippen LogP contribution in [0.1, 0.15) is 63.6 Å². The Balaban J connectivity index is 1.40. The second-order valence-corrected chi connectivity index (χ2v) is 9.15. The highest BCUT2D eigenvalue weighted by atomic mass is 16.6. The Labute approximate surface area is 214 Å². The summed E-state index contributed by atoms with van der Waals surface area (Å²) in [5.74, 6) is -0.767. The normalized spacial score (nSPS) is 19.3. The van der Waals surface area contributed by atoms with E-state index in [0.29, 0.717) is 12.0 Å². The number of rotatable bonds is 7. The number of nitro groups is 1. The van der Waals surface area contributed by atoms with Crippen LogP contribution in [0.3, 0.4) is 0 Å². The molecule has 5 rings (SSSR count). The van der Waals surface area contributed by atoms with Crippen LogP contribution in [0, 0.1) is 16.0 Å². The smallest absolute Gasteiger partial charge is 0.343 e. The molecule has 0 aromatic heterocycles. The summed E-state index contributed by atoms with van der Waals surface area (Å²) < 4.78 is 10.8. The standard InChI is InChI=1S/C29H26N2O6/c1-2-15-36-29(33)23-9-3-4-12-26(23)37-28(32)19-13-14-25-24(17-19)21-10-6-11-22(21)27(30-25)18-7-5-8-20(16-18)31(34)35/h3-10,12-14,16-17,21-22,27,30H,2,11,15H2,1H3/t21-,22+,27-/m1/s1. The van der Waals surface area contributed by atoms with Gasteiger partial charge >= 0.3 is 11.9 Å². The van der Waals surface area contributed by atoms with Gasteiger partial charge in [-0.3, -0.25) is 10.1 Å². The Morgan fingerprint density at radius 3 is 2.70 bits per heavy atom. The van der Waals surface area contributed by atoms with E-state index in [1.165, 1.54) is 6.07 Å². The number of allylic oxidation sites excluding steroid dienone is 2. The maximum Gasteiger partial charge on any atom is 0.343 e. The summed E-state index contributed by atoms with van der Waals surface area (Å²) in [6.07, 6.45) is 5.74. The minimum absolute atomic E-state index is 0.0459. The predicted molar refractivity (Wildman–Crippen MR) is 138 cm³/mol. The van der Waals surface area contributed by atoms with E-state index in [1.54, 1.807) is 42.5 Å². The fourth-order valence-corrected chi connectivity index (χ4v) is 5.04. The van der Waals surface area contributed by atoms with Crippen LogP contribution in [0.25, 0.3) is 0 Å². The zero-order valence-electron chi connectivity index (χ0n) is 20.3. The van der Waals surface area contributed by atoms with E-state index in [4.69, 9.17) is 9.47 Å². The Morgan fingerprint density at radius 2 is 1.89 bits per heavy atom. The molecule has 0 saturated carbocycles. The lowest BCUT2D eigenvalue weighted by Crippen LogP contribution is -2.29. The zero-order chi connectivity index (χ0) is 25.9. The number of hydrogen-bond acceptors (Lipinski definition) is 7. The van der Waals surface area contributed by atoms with Crippen LogP contribution in [-0.4, -0.2) is 23.5 Å². The molecule has 1 aliphatic carbocycles. The summed E-state index contributed by atoms with van der Waals surface area (Å²) >= 11 is 0. The Bertz CT molecular complexity index is 1400. The molecule has 0 saturated heterocycles. The number of benzene rings is 3. The van der Waals surface area contributed by atoms with Gasteiger partial charge in [-0.2, -0.15) is 0 Å². The van der Waals surface area contributed by atoms with E-state index in [2.05, 4.69) is 17.5 Å². The van der Waals surface area contributed by atoms with Crippen molar-refractivity contribution >= 4 is 23.3 Å². The second-order valence-electron chi connectivity index (χ2n) is 9.15. The summed E-state index contributed by atoms with van der Waals surface area (Å²) in [5, 5.41) is 14.8. The molecule has 1 heterocycles. The number of nitrogens with zero attached hydrogens (tertiary/aromatic N) is 1. The highest BCUT2D eigenvalue weighted by Crippen LogP contribution is 2.50. The predicted octanol–water partition coefficient (Wildman–Crippen LogP) is 6.21. The van der Waals surface area contributed by atoms with Crippen LogP contribution < -0.4 is 10.1 Å². The first kappa shape index (κ1) is 24.2. The largest absolute Gasteiger partial charge is 0.462 e. The lowest BCUT2D eigenvalue weighted by atomic mass is 9.76. The molecule has 1 aliphatic heterocycles. The number of nitro benzene ring substituents is 1. The first-order valence-corrected chi connectivity index (χ1v) is 12.3. The number of para-hydroxylation sites is 1. The molecule has 0 amide bonds. The molecule has 3 aromatic carbocycles. The molecule has 0 radical (unpaired) electrons. The van der Waals surface area contributed by atoms with Crippen molar-refractivity contribution in [1.82, 2.24) is 0 Å². The number of fused-ring (bicyclic) bond motifs is 3. The van der Waals surface area contributed by atoms with Crippen molar-refractivity contribution in [2.24, 2.45) is 5.92 Å². The maximum atomic E-state index is 13.1. The van der Waals surface area contributed by atoms with Crippen LogP contribution in [0.5, 0.6) is 5.75 Å². The van der Waals surface area contributed by atoms with Crippen molar-refractivity contribution in [3.8, 4) is 5.75 Å². The molecule has 0 spiro atoms. The molecular weight excluding hydrogens is 472 g/mol. The molecule has 3 atom stereocenters. The molecule has 37 heavy (non-hydrogen) atoms. The van der Waals surface area contributed by atoms with Crippen LogP contribution in [0.4, 0.5) is 11.4 Å². The number of carbonyl (C=O) groups is 2. The van der Waals surface area contributed by atoms with E-state index in [1.807, 2.05) is 25.1 Å². The van der Waals surface area contributed by atoms with Gasteiger partial charge in [0.25, 0.3) is 5.69 Å². The van der Waals surface area contributed by atoms with Crippen molar-refractivity contribution in [2.45, 2.75) is 31.7 Å². The average Bonchev–Trinajstić information content (AvgIpc) is 3.42. The molecule has 1 N–H and O–H groups in total. The number of non-ortho nitro benzene ring substituents is 1. The molecule has 2 aliphatic rings. The minimum atomic E-state index is -0.571. The van der Waals surface area contributed by atoms with E-state index in [9.17, 15) is 19.7 Å². The highest BCUT2D eigenvalue weighted by molar-refractivity contribution is 5.96. The van der Waals surface area contributed by atoms with Gasteiger partial charge in [0.1, 0.15) is 11.3 Å². The third-order valence-corrected chi connectivity index (χ3v) is 6.79. The molecule has 3 aromatic rings. The maximum absolute atomic E-state index is 13.1. The molecule has 0 fully saturated rings. The highest BCUT2D eigenvalue weighted by Gasteiger charge is 2.38. The summed E-state index contributed by atoms with van der Waals surface area (Å²) in [6, 6.07) is 18.5. The first-order valence-electron chi connectivity index (χ1n) is 12.3. The fourth-order valence-electron chi connectivity index (χ4n) is 5.04. The topological polar surface area (TPSA) is 108 Å². The Morgan fingerprint density at radius 1 is 1.05 bits per heavy atom. The lowest BCUT2D eigenvalue weighted by molar-refractivity contribution is -0.384. The van der Waals surface area contributed by atoms with E-state index in [0.717, 1.165) is 23.2 Å². The molecule has 8 nitrogen and oxygen atoms in total. The van der Waals surface area contributed by atoms with Gasteiger partial charge in [-0.1, -0.05) is 43.3 Å². The van der Waals surface area contributed by atoms with Gasteiger partial charge in [-0.25, -0.2) is 9.59 Å². The van der Waals surface area contributed by atoms with E-state index >= 15 is 0 Å². The van der Waals surface area contributed by atoms with Crippen LogP contribution in [0.15, 0.2) is 78.9 Å². The summed E-state index contributed by atoms with van der Waals surface area (Å²) in [5.41, 5.74) is 3.31. The summed E-state index contributed by atoms with van der Waals surface area (Å²) in [6.45, 7) is 2.19. The number of carbonyl (C=O) groups excluding carboxylic acids is 2. The van der Waals surface area contributed by atoms with Gasteiger partial charge in [-0.05, 0) is 60.2 Å². The van der Waals surface area contributed by atoms with Crippen molar-refractivity contribution in [3.05, 3.63) is 111 Å². The SMILES string of the molecule is CCCOC(=O)c1ccccc1OC(=O)c1ccc2c(c1)[C@@H]1C=CC[C@@H]1[C@@H](c1cccc([N+](=O)[O-])c1)N2. The summed E-state index contributed by atoms with van der Waals surface area (Å²) in [7, 11) is 0. The van der Waals surface area contributed by atoms with Gasteiger partial charge < -0.3 is 14.8 Å². The lowest BCUT2D eigenvalue weighted by Gasteiger charge is -2.37. The van der Waals surface area contributed by atoms with E-state index < -0.39 is 11.9 Å². The van der Waals surface area contributed by atoms with Gasteiger partial charge in [0.15, 0.2) is 0 Å². The van der Waals surface area contributed by atoms with E-state index in [-0.39, 0.29) is 46.4 Å². The van der Waals surface area contributed by atoms with Crippen LogP contribution >= 0.6 is 0 Å². The van der Waals surface area contributed by atoms with Gasteiger partial charge in [0.2, 0.25) is 0 Å².